The Bertz CT molecular complexity index is 1130. The van der Waals surface area contributed by atoms with Crippen molar-refractivity contribution in [1.82, 2.24) is 19.3 Å². The zero-order valence-electron chi connectivity index (χ0n) is 14.1. The molecule has 2 amide bonds. The fourth-order valence-corrected chi connectivity index (χ4v) is 2.96. The van der Waals surface area contributed by atoms with E-state index in [1.165, 1.54) is 0 Å². The molecule has 0 unspecified atom stereocenters. The van der Waals surface area contributed by atoms with Gasteiger partial charge in [-0.1, -0.05) is 12.1 Å². The SMILES string of the molecule is CNC(=O)Cn1ccc2ccc(NC(=O)c3cccc4nccn34)cc21. The number of likely N-dealkylation sites (N-methyl/N-ethyl adjacent to an activating group) is 1. The maximum Gasteiger partial charge on any atom is 0.272 e. The van der Waals surface area contributed by atoms with E-state index in [0.29, 0.717) is 17.0 Å². The molecule has 1 aromatic carbocycles. The van der Waals surface area contributed by atoms with E-state index in [4.69, 9.17) is 0 Å². The Kier molecular flexibility index (Phi) is 3.89. The van der Waals surface area contributed by atoms with Crippen molar-refractivity contribution in [3.05, 3.63) is 66.7 Å². The predicted octanol–water partition coefficient (Wildman–Crippen LogP) is 2.29. The number of nitrogens with zero attached hydrogens (tertiary/aromatic N) is 3. The van der Waals surface area contributed by atoms with Crippen LogP contribution in [0.1, 0.15) is 10.5 Å². The lowest BCUT2D eigenvalue weighted by Crippen LogP contribution is -2.23. The van der Waals surface area contributed by atoms with Gasteiger partial charge in [-0.05, 0) is 35.7 Å². The number of carbonyl (C=O) groups is 2. The molecule has 0 fully saturated rings. The van der Waals surface area contributed by atoms with Gasteiger partial charge in [-0.3, -0.25) is 14.0 Å². The van der Waals surface area contributed by atoms with Crippen LogP contribution in [-0.2, 0) is 11.3 Å². The number of rotatable bonds is 4. The summed E-state index contributed by atoms with van der Waals surface area (Å²) in [6.07, 6.45) is 5.27. The molecular formula is C19H17N5O2. The van der Waals surface area contributed by atoms with E-state index in [2.05, 4.69) is 15.6 Å². The van der Waals surface area contributed by atoms with Crippen molar-refractivity contribution >= 4 is 34.1 Å². The molecule has 0 saturated carbocycles. The maximum atomic E-state index is 12.7. The molecule has 0 bridgehead atoms. The third-order valence-electron chi connectivity index (χ3n) is 4.29. The minimum absolute atomic E-state index is 0.0799. The second-order valence-electron chi connectivity index (χ2n) is 5.91. The standard InChI is InChI=1S/C19H17N5O2/c1-20-18(25)12-23-9-7-13-5-6-14(11-16(13)23)22-19(26)15-3-2-4-17-21-8-10-24(15)17/h2-11H,12H2,1H3,(H,20,25)(H,22,26). The summed E-state index contributed by atoms with van der Waals surface area (Å²) in [6, 6.07) is 13.0. The van der Waals surface area contributed by atoms with Gasteiger partial charge in [0.2, 0.25) is 5.91 Å². The van der Waals surface area contributed by atoms with Gasteiger partial charge in [0, 0.05) is 31.3 Å². The molecule has 0 spiro atoms. The molecule has 26 heavy (non-hydrogen) atoms. The van der Waals surface area contributed by atoms with Crippen LogP contribution in [0.25, 0.3) is 16.6 Å². The van der Waals surface area contributed by atoms with Gasteiger partial charge in [-0.2, -0.15) is 0 Å². The molecule has 7 heteroatoms. The van der Waals surface area contributed by atoms with Gasteiger partial charge in [0.25, 0.3) is 5.91 Å². The minimum atomic E-state index is -0.225. The van der Waals surface area contributed by atoms with Crippen molar-refractivity contribution in [2.45, 2.75) is 6.54 Å². The molecule has 2 N–H and O–H groups in total. The normalized spacial score (nSPS) is 11.0. The molecule has 0 atom stereocenters. The summed E-state index contributed by atoms with van der Waals surface area (Å²) in [5, 5.41) is 6.53. The third kappa shape index (κ3) is 2.79. The highest BCUT2D eigenvalue weighted by Crippen LogP contribution is 2.21. The van der Waals surface area contributed by atoms with Crippen molar-refractivity contribution in [2.75, 3.05) is 12.4 Å². The molecule has 0 aliphatic carbocycles. The van der Waals surface area contributed by atoms with E-state index in [1.54, 1.807) is 36.0 Å². The molecule has 130 valence electrons. The fraction of sp³-hybridized carbons (Fsp3) is 0.105. The Morgan fingerprint density at radius 1 is 1.12 bits per heavy atom. The summed E-state index contributed by atoms with van der Waals surface area (Å²) in [6.45, 7) is 0.228. The van der Waals surface area contributed by atoms with Crippen LogP contribution >= 0.6 is 0 Å². The Balaban J connectivity index is 1.64. The van der Waals surface area contributed by atoms with E-state index >= 15 is 0 Å². The number of nitrogens with one attached hydrogen (secondary N) is 2. The van der Waals surface area contributed by atoms with Crippen LogP contribution in [0.15, 0.2) is 61.1 Å². The number of hydrogen-bond donors (Lipinski definition) is 2. The molecule has 0 aliphatic rings. The van der Waals surface area contributed by atoms with Crippen molar-refractivity contribution in [3.63, 3.8) is 0 Å². The Labute approximate surface area is 149 Å². The molecule has 0 saturated heterocycles. The number of anilines is 1. The number of hydrogen-bond acceptors (Lipinski definition) is 3. The predicted molar refractivity (Wildman–Crippen MR) is 99.1 cm³/mol. The van der Waals surface area contributed by atoms with Crippen LogP contribution in [0.2, 0.25) is 0 Å². The Morgan fingerprint density at radius 2 is 2.00 bits per heavy atom. The fourth-order valence-electron chi connectivity index (χ4n) is 2.96. The topological polar surface area (TPSA) is 80.4 Å². The molecular weight excluding hydrogens is 330 g/mol. The van der Waals surface area contributed by atoms with E-state index in [0.717, 1.165) is 10.9 Å². The van der Waals surface area contributed by atoms with Gasteiger partial charge in [0.05, 0.1) is 5.52 Å². The maximum absolute atomic E-state index is 12.7. The highest BCUT2D eigenvalue weighted by atomic mass is 16.2. The summed E-state index contributed by atoms with van der Waals surface area (Å²) in [5.74, 6) is -0.305. The van der Waals surface area contributed by atoms with Gasteiger partial charge < -0.3 is 15.2 Å². The monoisotopic (exact) mass is 347 g/mol. The Morgan fingerprint density at radius 3 is 2.85 bits per heavy atom. The smallest absolute Gasteiger partial charge is 0.272 e. The van der Waals surface area contributed by atoms with Crippen LogP contribution in [0.3, 0.4) is 0 Å². The Hall–Kier alpha value is -3.61. The number of aromatic nitrogens is 3. The van der Waals surface area contributed by atoms with Crippen molar-refractivity contribution in [2.24, 2.45) is 0 Å². The first kappa shape index (κ1) is 15.9. The largest absolute Gasteiger partial charge is 0.358 e. The molecule has 4 aromatic rings. The highest BCUT2D eigenvalue weighted by Gasteiger charge is 2.12. The summed E-state index contributed by atoms with van der Waals surface area (Å²) in [5.41, 5.74) is 2.76. The van der Waals surface area contributed by atoms with Gasteiger partial charge in [-0.15, -0.1) is 0 Å². The summed E-state index contributed by atoms with van der Waals surface area (Å²) in [7, 11) is 1.61. The van der Waals surface area contributed by atoms with Gasteiger partial charge in [0.1, 0.15) is 17.9 Å². The second kappa shape index (κ2) is 6.36. The van der Waals surface area contributed by atoms with E-state index < -0.39 is 0 Å². The highest BCUT2D eigenvalue weighted by molar-refractivity contribution is 6.04. The van der Waals surface area contributed by atoms with E-state index in [9.17, 15) is 9.59 Å². The molecule has 3 heterocycles. The number of benzene rings is 1. The molecule has 0 aliphatic heterocycles. The van der Waals surface area contributed by atoms with Crippen LogP contribution < -0.4 is 10.6 Å². The molecule has 4 rings (SSSR count). The average Bonchev–Trinajstić information content (AvgIpc) is 3.28. The van der Waals surface area contributed by atoms with E-state index in [1.807, 2.05) is 41.1 Å². The van der Waals surface area contributed by atoms with Gasteiger partial charge >= 0.3 is 0 Å². The first-order valence-electron chi connectivity index (χ1n) is 8.18. The average molecular weight is 347 g/mol. The zero-order chi connectivity index (χ0) is 18.1. The van der Waals surface area contributed by atoms with Crippen molar-refractivity contribution < 1.29 is 9.59 Å². The number of fused-ring (bicyclic) bond motifs is 2. The second-order valence-corrected chi connectivity index (χ2v) is 5.91. The molecule has 7 nitrogen and oxygen atoms in total. The quantitative estimate of drug-likeness (QED) is 0.594. The number of carbonyl (C=O) groups excluding carboxylic acids is 2. The van der Waals surface area contributed by atoms with Crippen LogP contribution in [0.4, 0.5) is 5.69 Å². The van der Waals surface area contributed by atoms with E-state index in [-0.39, 0.29) is 18.4 Å². The lowest BCUT2D eigenvalue weighted by molar-refractivity contribution is -0.121. The van der Waals surface area contributed by atoms with Gasteiger partial charge in [-0.25, -0.2) is 4.98 Å². The zero-order valence-corrected chi connectivity index (χ0v) is 14.1. The summed E-state index contributed by atoms with van der Waals surface area (Å²) >= 11 is 0. The lowest BCUT2D eigenvalue weighted by Gasteiger charge is -2.09. The third-order valence-corrected chi connectivity index (χ3v) is 4.29. The van der Waals surface area contributed by atoms with Crippen LogP contribution in [-0.4, -0.2) is 32.8 Å². The molecule has 0 radical (unpaired) electrons. The van der Waals surface area contributed by atoms with Crippen LogP contribution in [0.5, 0.6) is 0 Å². The number of imidazole rings is 1. The first-order chi connectivity index (χ1) is 12.7. The van der Waals surface area contributed by atoms with Crippen LogP contribution in [0, 0.1) is 0 Å². The molecule has 3 aromatic heterocycles. The number of pyridine rings is 1. The first-order valence-corrected chi connectivity index (χ1v) is 8.18. The lowest BCUT2D eigenvalue weighted by atomic mass is 10.2. The number of amides is 2. The summed E-state index contributed by atoms with van der Waals surface area (Å²) in [4.78, 5) is 28.5. The van der Waals surface area contributed by atoms with Crippen molar-refractivity contribution in [3.8, 4) is 0 Å². The van der Waals surface area contributed by atoms with Crippen molar-refractivity contribution in [1.29, 1.82) is 0 Å². The minimum Gasteiger partial charge on any atom is -0.358 e. The summed E-state index contributed by atoms with van der Waals surface area (Å²) < 4.78 is 3.59. The van der Waals surface area contributed by atoms with Gasteiger partial charge in [0.15, 0.2) is 0 Å².